The number of hydrogen-bond donors (Lipinski definition) is 1. The van der Waals surface area contributed by atoms with Crippen molar-refractivity contribution in [1.82, 2.24) is 5.32 Å². The number of halogens is 1. The molecule has 1 atom stereocenters. The van der Waals surface area contributed by atoms with Crippen molar-refractivity contribution in [3.8, 4) is 0 Å². The minimum atomic E-state index is 0.148. The van der Waals surface area contributed by atoms with Gasteiger partial charge in [0.1, 0.15) is 5.78 Å². The van der Waals surface area contributed by atoms with Gasteiger partial charge in [-0.25, -0.2) is 0 Å². The molecular formula is C11H12ClNO. The molecule has 2 nitrogen and oxygen atoms in total. The van der Waals surface area contributed by atoms with Crippen LogP contribution in [0, 0.1) is 0 Å². The topological polar surface area (TPSA) is 29.1 Å². The van der Waals surface area contributed by atoms with Gasteiger partial charge in [-0.1, -0.05) is 23.7 Å². The molecule has 1 saturated heterocycles. The zero-order chi connectivity index (χ0) is 9.97. The molecule has 0 aliphatic carbocycles. The van der Waals surface area contributed by atoms with Crippen molar-refractivity contribution in [3.63, 3.8) is 0 Å². The third kappa shape index (κ3) is 2.14. The second-order valence-corrected chi connectivity index (χ2v) is 3.99. The molecule has 0 radical (unpaired) electrons. The fourth-order valence-corrected chi connectivity index (χ4v) is 1.95. The zero-order valence-corrected chi connectivity index (χ0v) is 8.55. The standard InChI is InChI=1S/C11H12ClNO/c12-9-3-1-2-8(6-9)11-7-10(14)4-5-13-11/h1-3,6,11,13H,4-5,7H2. The Labute approximate surface area is 88.3 Å². The van der Waals surface area contributed by atoms with Crippen LogP contribution in [0.4, 0.5) is 0 Å². The Balaban J connectivity index is 2.17. The van der Waals surface area contributed by atoms with Gasteiger partial charge < -0.3 is 5.32 Å². The SMILES string of the molecule is O=C1CCNC(c2cccc(Cl)c2)C1. The molecule has 74 valence electrons. The Morgan fingerprint density at radius 3 is 3.00 bits per heavy atom. The van der Waals surface area contributed by atoms with Crippen molar-refractivity contribution in [2.45, 2.75) is 18.9 Å². The molecular weight excluding hydrogens is 198 g/mol. The van der Waals surface area contributed by atoms with Gasteiger partial charge in [0.2, 0.25) is 0 Å². The van der Waals surface area contributed by atoms with Gasteiger partial charge in [0, 0.05) is 30.5 Å². The normalized spacial score (nSPS) is 22.4. The minimum absolute atomic E-state index is 0.148. The van der Waals surface area contributed by atoms with Crippen molar-refractivity contribution in [3.05, 3.63) is 34.9 Å². The van der Waals surface area contributed by atoms with Crippen LogP contribution in [0.2, 0.25) is 5.02 Å². The van der Waals surface area contributed by atoms with E-state index in [4.69, 9.17) is 11.6 Å². The Morgan fingerprint density at radius 1 is 1.43 bits per heavy atom. The maximum Gasteiger partial charge on any atom is 0.136 e. The molecule has 0 bridgehead atoms. The van der Waals surface area contributed by atoms with Crippen LogP contribution in [-0.4, -0.2) is 12.3 Å². The van der Waals surface area contributed by atoms with Crippen LogP contribution < -0.4 is 5.32 Å². The first-order valence-corrected chi connectivity index (χ1v) is 5.14. The average Bonchev–Trinajstić information content (AvgIpc) is 2.18. The highest BCUT2D eigenvalue weighted by Gasteiger charge is 2.19. The van der Waals surface area contributed by atoms with E-state index in [0.29, 0.717) is 18.6 Å². The fourth-order valence-electron chi connectivity index (χ4n) is 1.75. The summed E-state index contributed by atoms with van der Waals surface area (Å²) in [5.74, 6) is 0.328. The van der Waals surface area contributed by atoms with Crippen LogP contribution in [0.5, 0.6) is 0 Å². The van der Waals surface area contributed by atoms with E-state index in [1.54, 1.807) is 0 Å². The lowest BCUT2D eigenvalue weighted by molar-refractivity contribution is -0.120. The van der Waals surface area contributed by atoms with E-state index in [1.165, 1.54) is 0 Å². The number of benzene rings is 1. The van der Waals surface area contributed by atoms with Crippen LogP contribution in [0.15, 0.2) is 24.3 Å². The number of Topliss-reactive ketones (excluding diaryl/α,β-unsaturated/α-hetero) is 1. The Morgan fingerprint density at radius 2 is 2.29 bits per heavy atom. The number of carbonyl (C=O) groups excluding carboxylic acids is 1. The molecule has 14 heavy (non-hydrogen) atoms. The third-order valence-electron chi connectivity index (χ3n) is 2.48. The molecule has 3 heteroatoms. The van der Waals surface area contributed by atoms with Gasteiger partial charge in [-0.2, -0.15) is 0 Å². The van der Waals surface area contributed by atoms with Crippen molar-refractivity contribution in [2.24, 2.45) is 0 Å². The van der Waals surface area contributed by atoms with Gasteiger partial charge in [0.05, 0.1) is 0 Å². The average molecular weight is 210 g/mol. The summed E-state index contributed by atoms with van der Waals surface area (Å²) in [7, 11) is 0. The van der Waals surface area contributed by atoms with E-state index in [2.05, 4.69) is 5.32 Å². The lowest BCUT2D eigenvalue weighted by Gasteiger charge is -2.23. The van der Waals surface area contributed by atoms with E-state index < -0.39 is 0 Å². The molecule has 1 aliphatic rings. The highest BCUT2D eigenvalue weighted by atomic mass is 35.5. The Kier molecular flexibility index (Phi) is 2.85. The fraction of sp³-hybridized carbons (Fsp3) is 0.364. The maximum absolute atomic E-state index is 11.3. The zero-order valence-electron chi connectivity index (χ0n) is 7.79. The van der Waals surface area contributed by atoms with Crippen molar-refractivity contribution in [2.75, 3.05) is 6.54 Å². The summed E-state index contributed by atoms with van der Waals surface area (Å²) in [5.41, 5.74) is 1.10. The van der Waals surface area contributed by atoms with Gasteiger partial charge in [-0.05, 0) is 17.7 Å². The monoisotopic (exact) mass is 209 g/mol. The molecule has 1 aromatic carbocycles. The number of hydrogen-bond acceptors (Lipinski definition) is 2. The summed E-state index contributed by atoms with van der Waals surface area (Å²) in [6.45, 7) is 0.774. The summed E-state index contributed by atoms with van der Waals surface area (Å²) in [4.78, 5) is 11.3. The van der Waals surface area contributed by atoms with Crippen LogP contribution >= 0.6 is 11.6 Å². The smallest absolute Gasteiger partial charge is 0.136 e. The van der Waals surface area contributed by atoms with Gasteiger partial charge in [0.25, 0.3) is 0 Å². The highest BCUT2D eigenvalue weighted by molar-refractivity contribution is 6.30. The van der Waals surface area contributed by atoms with E-state index >= 15 is 0 Å². The number of ketones is 1. The van der Waals surface area contributed by atoms with Gasteiger partial charge >= 0.3 is 0 Å². The van der Waals surface area contributed by atoms with Gasteiger partial charge in [0.15, 0.2) is 0 Å². The summed E-state index contributed by atoms with van der Waals surface area (Å²) in [6.07, 6.45) is 1.23. The molecule has 0 aromatic heterocycles. The molecule has 2 rings (SSSR count). The second kappa shape index (κ2) is 4.11. The number of rotatable bonds is 1. The quantitative estimate of drug-likeness (QED) is 0.769. The molecule has 1 aromatic rings. The maximum atomic E-state index is 11.3. The highest BCUT2D eigenvalue weighted by Crippen LogP contribution is 2.23. The molecule has 1 fully saturated rings. The first-order valence-electron chi connectivity index (χ1n) is 4.76. The summed E-state index contributed by atoms with van der Waals surface area (Å²) >= 11 is 5.89. The van der Waals surface area contributed by atoms with E-state index in [-0.39, 0.29) is 6.04 Å². The first kappa shape index (κ1) is 9.69. The predicted molar refractivity (Wildman–Crippen MR) is 56.4 cm³/mol. The van der Waals surface area contributed by atoms with E-state index in [0.717, 1.165) is 17.1 Å². The first-order chi connectivity index (χ1) is 6.75. The van der Waals surface area contributed by atoms with Crippen LogP contribution in [0.3, 0.4) is 0 Å². The van der Waals surface area contributed by atoms with Crippen molar-refractivity contribution < 1.29 is 4.79 Å². The summed E-state index contributed by atoms with van der Waals surface area (Å²) in [6, 6.07) is 7.82. The predicted octanol–water partition coefficient (Wildman–Crippen LogP) is 2.33. The third-order valence-corrected chi connectivity index (χ3v) is 2.71. The summed E-state index contributed by atoms with van der Waals surface area (Å²) in [5, 5.41) is 4.04. The lowest BCUT2D eigenvalue weighted by Crippen LogP contribution is -2.31. The molecule has 1 N–H and O–H groups in total. The Hall–Kier alpha value is -0.860. The van der Waals surface area contributed by atoms with Crippen LogP contribution in [0.1, 0.15) is 24.4 Å². The molecule has 0 amide bonds. The van der Waals surface area contributed by atoms with Crippen LogP contribution in [0.25, 0.3) is 0 Å². The number of nitrogens with one attached hydrogen (secondary N) is 1. The molecule has 1 aliphatic heterocycles. The summed E-state index contributed by atoms with van der Waals surface area (Å²) < 4.78 is 0. The molecule has 0 spiro atoms. The Bertz CT molecular complexity index is 351. The minimum Gasteiger partial charge on any atom is -0.309 e. The van der Waals surface area contributed by atoms with Gasteiger partial charge in [-0.3, -0.25) is 4.79 Å². The number of carbonyl (C=O) groups is 1. The van der Waals surface area contributed by atoms with Gasteiger partial charge in [-0.15, -0.1) is 0 Å². The van der Waals surface area contributed by atoms with E-state index in [1.807, 2.05) is 24.3 Å². The van der Waals surface area contributed by atoms with Crippen molar-refractivity contribution >= 4 is 17.4 Å². The van der Waals surface area contributed by atoms with Crippen molar-refractivity contribution in [1.29, 1.82) is 0 Å². The van der Waals surface area contributed by atoms with E-state index in [9.17, 15) is 4.79 Å². The molecule has 1 unspecified atom stereocenters. The molecule has 0 saturated carbocycles. The molecule has 1 heterocycles. The number of piperidine rings is 1. The largest absolute Gasteiger partial charge is 0.309 e. The second-order valence-electron chi connectivity index (χ2n) is 3.55. The van der Waals surface area contributed by atoms with Crippen LogP contribution in [-0.2, 0) is 4.79 Å². The lowest BCUT2D eigenvalue weighted by atomic mass is 9.97.